The summed E-state index contributed by atoms with van der Waals surface area (Å²) in [6.45, 7) is 4.04. The van der Waals surface area contributed by atoms with Crippen LogP contribution in [-0.2, 0) is 6.42 Å². The lowest BCUT2D eigenvalue weighted by atomic mass is 10.2. The molecule has 27 heavy (non-hydrogen) atoms. The smallest absolute Gasteiger partial charge is 0.271 e. The molecule has 0 aliphatic carbocycles. The van der Waals surface area contributed by atoms with Gasteiger partial charge in [-0.3, -0.25) is 4.79 Å². The van der Waals surface area contributed by atoms with Gasteiger partial charge in [0.1, 0.15) is 11.5 Å². The molecule has 0 fully saturated rings. The first-order valence-electron chi connectivity index (χ1n) is 9.06. The molecule has 2 aromatic carbocycles. The van der Waals surface area contributed by atoms with E-state index in [2.05, 4.69) is 33.5 Å². The van der Waals surface area contributed by atoms with Crippen LogP contribution in [0.1, 0.15) is 21.7 Å². The Balaban J connectivity index is 1.40. The van der Waals surface area contributed by atoms with Crippen molar-refractivity contribution in [2.45, 2.75) is 13.3 Å². The lowest BCUT2D eigenvalue weighted by molar-refractivity contribution is 0.0949. The first-order chi connectivity index (χ1) is 13.1. The van der Waals surface area contributed by atoms with Gasteiger partial charge in [-0.2, -0.15) is 5.10 Å². The zero-order valence-electron chi connectivity index (χ0n) is 15.2. The molecular formula is C21H21FN4O. The van der Waals surface area contributed by atoms with Crippen molar-refractivity contribution in [2.75, 3.05) is 24.5 Å². The summed E-state index contributed by atoms with van der Waals surface area (Å²) in [6.07, 6.45) is 1.04. The van der Waals surface area contributed by atoms with Gasteiger partial charge in [-0.25, -0.2) is 9.07 Å². The Bertz CT molecular complexity index is 982. The minimum absolute atomic E-state index is 0.249. The van der Waals surface area contributed by atoms with Crippen molar-refractivity contribution in [3.05, 3.63) is 77.4 Å². The van der Waals surface area contributed by atoms with Gasteiger partial charge in [-0.15, -0.1) is 0 Å². The molecule has 6 heteroatoms. The zero-order chi connectivity index (χ0) is 18.8. The van der Waals surface area contributed by atoms with E-state index >= 15 is 0 Å². The molecule has 1 aliphatic rings. The van der Waals surface area contributed by atoms with E-state index in [1.54, 1.807) is 31.2 Å². The number of hydrogen-bond donors (Lipinski definition) is 1. The maximum atomic E-state index is 14.0. The maximum absolute atomic E-state index is 14.0. The van der Waals surface area contributed by atoms with E-state index in [-0.39, 0.29) is 17.4 Å². The number of aromatic nitrogens is 2. The van der Waals surface area contributed by atoms with Gasteiger partial charge in [0, 0.05) is 31.0 Å². The second kappa shape index (κ2) is 7.23. The van der Waals surface area contributed by atoms with Crippen LogP contribution >= 0.6 is 0 Å². The van der Waals surface area contributed by atoms with Crippen molar-refractivity contribution in [3.8, 4) is 5.69 Å². The number of benzene rings is 2. The Morgan fingerprint density at radius 1 is 1.15 bits per heavy atom. The quantitative estimate of drug-likeness (QED) is 0.757. The number of amides is 1. The average molecular weight is 364 g/mol. The number of nitrogens with one attached hydrogen (secondary N) is 1. The summed E-state index contributed by atoms with van der Waals surface area (Å²) in [4.78, 5) is 14.7. The number of aryl methyl sites for hydroxylation is 1. The predicted molar refractivity (Wildman–Crippen MR) is 103 cm³/mol. The summed E-state index contributed by atoms with van der Waals surface area (Å²) in [5.74, 6) is -0.621. The molecule has 4 rings (SSSR count). The lowest BCUT2D eigenvalue weighted by Gasteiger charge is -2.19. The summed E-state index contributed by atoms with van der Waals surface area (Å²) < 4.78 is 15.5. The van der Waals surface area contributed by atoms with Crippen LogP contribution in [-0.4, -0.2) is 35.3 Å². The monoisotopic (exact) mass is 364 g/mol. The highest BCUT2D eigenvalue weighted by Crippen LogP contribution is 2.26. The van der Waals surface area contributed by atoms with Crippen molar-refractivity contribution in [1.82, 2.24) is 15.1 Å². The lowest BCUT2D eigenvalue weighted by Crippen LogP contribution is -2.34. The van der Waals surface area contributed by atoms with Gasteiger partial charge in [0.25, 0.3) is 5.91 Å². The molecule has 138 valence electrons. The van der Waals surface area contributed by atoms with Crippen molar-refractivity contribution >= 4 is 11.6 Å². The van der Waals surface area contributed by atoms with Crippen molar-refractivity contribution < 1.29 is 9.18 Å². The molecular weight excluding hydrogens is 343 g/mol. The van der Waals surface area contributed by atoms with Gasteiger partial charge in [0.05, 0.1) is 0 Å². The molecule has 2 heterocycles. The van der Waals surface area contributed by atoms with Crippen molar-refractivity contribution in [3.63, 3.8) is 0 Å². The molecule has 0 saturated carbocycles. The largest absolute Gasteiger partial charge is 0.369 e. The fourth-order valence-corrected chi connectivity index (χ4v) is 3.49. The van der Waals surface area contributed by atoms with Crippen LogP contribution in [0.5, 0.6) is 0 Å². The Hall–Kier alpha value is -3.15. The molecule has 0 atom stereocenters. The van der Waals surface area contributed by atoms with Crippen LogP contribution in [0, 0.1) is 12.7 Å². The summed E-state index contributed by atoms with van der Waals surface area (Å²) in [6, 6.07) is 16.4. The molecule has 0 unspecified atom stereocenters. The van der Waals surface area contributed by atoms with Gasteiger partial charge in [-0.05, 0) is 43.2 Å². The van der Waals surface area contributed by atoms with E-state index in [4.69, 9.17) is 0 Å². The van der Waals surface area contributed by atoms with Crippen molar-refractivity contribution in [2.24, 2.45) is 0 Å². The number of anilines is 1. The summed E-state index contributed by atoms with van der Waals surface area (Å²) in [7, 11) is 0. The van der Waals surface area contributed by atoms with E-state index in [0.29, 0.717) is 17.9 Å². The highest BCUT2D eigenvalue weighted by molar-refractivity contribution is 5.92. The molecule has 3 aromatic rings. The molecule has 1 aliphatic heterocycles. The number of carbonyl (C=O) groups is 1. The first-order valence-corrected chi connectivity index (χ1v) is 9.06. The van der Waals surface area contributed by atoms with Crippen LogP contribution in [0.25, 0.3) is 5.69 Å². The van der Waals surface area contributed by atoms with E-state index < -0.39 is 0 Å². The third-order valence-corrected chi connectivity index (χ3v) is 4.85. The maximum Gasteiger partial charge on any atom is 0.271 e. The number of carbonyl (C=O) groups excluding carboxylic acids is 1. The number of fused-ring (bicyclic) bond motifs is 1. The summed E-state index contributed by atoms with van der Waals surface area (Å²) in [5.41, 5.74) is 3.92. The summed E-state index contributed by atoms with van der Waals surface area (Å²) >= 11 is 0. The standard InChI is InChI=1S/C21H21FN4O/c1-15-14-18(24-26(15)20-9-5-3-7-17(20)22)21(27)23-11-13-25-12-10-16-6-2-4-8-19(16)25/h2-9,14H,10-13H2,1H3,(H,23,27). The fourth-order valence-electron chi connectivity index (χ4n) is 3.49. The van der Waals surface area contributed by atoms with E-state index in [0.717, 1.165) is 19.5 Å². The minimum Gasteiger partial charge on any atom is -0.369 e. The van der Waals surface area contributed by atoms with Crippen LogP contribution in [0.3, 0.4) is 0 Å². The summed E-state index contributed by atoms with van der Waals surface area (Å²) in [5, 5.41) is 7.19. The van der Waals surface area contributed by atoms with E-state index in [1.807, 2.05) is 6.07 Å². The predicted octanol–water partition coefficient (Wildman–Crippen LogP) is 3.11. The van der Waals surface area contributed by atoms with Gasteiger partial charge in [-0.1, -0.05) is 30.3 Å². The highest BCUT2D eigenvalue weighted by atomic mass is 19.1. The molecule has 0 bridgehead atoms. The van der Waals surface area contributed by atoms with Gasteiger partial charge < -0.3 is 10.2 Å². The second-order valence-corrected chi connectivity index (χ2v) is 6.66. The molecule has 5 nitrogen and oxygen atoms in total. The zero-order valence-corrected chi connectivity index (χ0v) is 15.2. The Morgan fingerprint density at radius 3 is 2.70 bits per heavy atom. The number of para-hydroxylation sites is 2. The second-order valence-electron chi connectivity index (χ2n) is 6.66. The normalized spacial score (nSPS) is 12.9. The van der Waals surface area contributed by atoms with Crippen LogP contribution in [0.2, 0.25) is 0 Å². The van der Waals surface area contributed by atoms with E-state index in [1.165, 1.54) is 22.0 Å². The molecule has 1 amide bonds. The van der Waals surface area contributed by atoms with Gasteiger partial charge in [0.2, 0.25) is 0 Å². The van der Waals surface area contributed by atoms with Crippen LogP contribution < -0.4 is 10.2 Å². The topological polar surface area (TPSA) is 50.2 Å². The Labute approximate surface area is 157 Å². The first kappa shape index (κ1) is 17.3. The van der Waals surface area contributed by atoms with Crippen LogP contribution in [0.15, 0.2) is 54.6 Å². The molecule has 1 aromatic heterocycles. The minimum atomic E-state index is -0.372. The average Bonchev–Trinajstić information content (AvgIpc) is 3.26. The molecule has 0 radical (unpaired) electrons. The number of hydrogen-bond acceptors (Lipinski definition) is 3. The third-order valence-electron chi connectivity index (χ3n) is 4.85. The van der Waals surface area contributed by atoms with E-state index in [9.17, 15) is 9.18 Å². The van der Waals surface area contributed by atoms with Gasteiger partial charge in [0.15, 0.2) is 5.69 Å². The van der Waals surface area contributed by atoms with Crippen LogP contribution in [0.4, 0.5) is 10.1 Å². The Morgan fingerprint density at radius 2 is 1.89 bits per heavy atom. The van der Waals surface area contributed by atoms with Crippen molar-refractivity contribution in [1.29, 1.82) is 0 Å². The molecule has 1 N–H and O–H groups in total. The SMILES string of the molecule is Cc1cc(C(=O)NCCN2CCc3ccccc32)nn1-c1ccccc1F. The number of rotatable bonds is 5. The Kier molecular flexibility index (Phi) is 4.62. The fraction of sp³-hybridized carbons (Fsp3) is 0.238. The third kappa shape index (κ3) is 3.43. The highest BCUT2D eigenvalue weighted by Gasteiger charge is 2.19. The number of nitrogens with zero attached hydrogens (tertiary/aromatic N) is 3. The molecule has 0 saturated heterocycles. The molecule has 0 spiro atoms. The van der Waals surface area contributed by atoms with Gasteiger partial charge >= 0.3 is 0 Å². The number of halogens is 1.